The molecule has 7 rings (SSSR count). The van der Waals surface area contributed by atoms with Gasteiger partial charge in [-0.15, -0.1) is 0 Å². The number of aromatic hydroxyl groups is 1. The highest BCUT2D eigenvalue weighted by Gasteiger charge is 2.46. The van der Waals surface area contributed by atoms with Crippen LogP contribution in [0.15, 0.2) is 66.2 Å². The van der Waals surface area contributed by atoms with Crippen molar-refractivity contribution in [3.8, 4) is 23.3 Å². The maximum Gasteiger partial charge on any atom is 0.334 e. The Morgan fingerprint density at radius 1 is 0.891 bits per heavy atom. The summed E-state index contributed by atoms with van der Waals surface area (Å²) >= 11 is 0. The van der Waals surface area contributed by atoms with E-state index in [1.165, 1.54) is 6.07 Å². The topological polar surface area (TPSA) is 130 Å². The molecule has 8 nitrogen and oxygen atoms in total. The van der Waals surface area contributed by atoms with Crippen molar-refractivity contribution in [2.45, 2.75) is 127 Å². The molecule has 3 aromatic rings. The van der Waals surface area contributed by atoms with Gasteiger partial charge in [-0.05, 0) is 104 Å². The molecular formula is C47H52O8. The van der Waals surface area contributed by atoms with E-state index in [1.807, 2.05) is 36.4 Å². The maximum absolute atomic E-state index is 14.6. The van der Waals surface area contributed by atoms with E-state index in [2.05, 4.69) is 30.9 Å². The van der Waals surface area contributed by atoms with E-state index in [4.69, 9.17) is 9.47 Å². The summed E-state index contributed by atoms with van der Waals surface area (Å²) in [6, 6.07) is 17.5. The van der Waals surface area contributed by atoms with Crippen LogP contribution in [0.1, 0.15) is 122 Å². The Hall–Kier alpha value is -4.71. The number of hydrogen-bond donors (Lipinski definition) is 3. The van der Waals surface area contributed by atoms with Crippen LogP contribution < -0.4 is 4.74 Å². The minimum absolute atomic E-state index is 0.00208. The van der Waals surface area contributed by atoms with Gasteiger partial charge in [0.15, 0.2) is 0 Å². The number of aryl methyl sites for hydroxylation is 2. The molecule has 3 N–H and O–H groups in total. The monoisotopic (exact) mass is 744 g/mol. The zero-order valence-corrected chi connectivity index (χ0v) is 31.9. The summed E-state index contributed by atoms with van der Waals surface area (Å²) in [6.07, 6.45) is 8.11. The number of benzene rings is 3. The van der Waals surface area contributed by atoms with Gasteiger partial charge in [-0.1, -0.05) is 80.1 Å². The Balaban J connectivity index is 1.37. The quantitative estimate of drug-likeness (QED) is 0.102. The number of aliphatic hydroxyl groups is 2. The van der Waals surface area contributed by atoms with Gasteiger partial charge in [0.1, 0.15) is 29.0 Å². The molecule has 6 atom stereocenters. The van der Waals surface area contributed by atoms with E-state index < -0.39 is 35.5 Å². The minimum Gasteiger partial charge on any atom is -0.508 e. The molecule has 55 heavy (non-hydrogen) atoms. The van der Waals surface area contributed by atoms with Gasteiger partial charge in [0, 0.05) is 41.9 Å². The third-order valence-corrected chi connectivity index (χ3v) is 12.3. The molecule has 1 fully saturated rings. The number of rotatable bonds is 6. The molecule has 8 bridgehead atoms. The van der Waals surface area contributed by atoms with E-state index in [-0.39, 0.29) is 55.0 Å². The zero-order chi connectivity index (χ0) is 38.7. The molecule has 1 saturated carbocycles. The van der Waals surface area contributed by atoms with Crippen LogP contribution in [0.2, 0.25) is 0 Å². The van der Waals surface area contributed by atoms with Crippen molar-refractivity contribution in [2.24, 2.45) is 11.8 Å². The third-order valence-electron chi connectivity index (χ3n) is 12.3. The van der Waals surface area contributed by atoms with Crippen molar-refractivity contribution in [1.82, 2.24) is 0 Å². The smallest absolute Gasteiger partial charge is 0.334 e. The van der Waals surface area contributed by atoms with Crippen LogP contribution in [0.25, 0.3) is 0 Å². The van der Waals surface area contributed by atoms with Crippen LogP contribution in [0.5, 0.6) is 11.5 Å². The second-order valence-corrected chi connectivity index (χ2v) is 16.2. The second-order valence-electron chi connectivity index (χ2n) is 16.2. The van der Waals surface area contributed by atoms with Gasteiger partial charge in [-0.25, -0.2) is 4.79 Å². The van der Waals surface area contributed by atoms with Gasteiger partial charge >= 0.3 is 11.9 Å². The van der Waals surface area contributed by atoms with Crippen LogP contribution in [0.4, 0.5) is 0 Å². The molecule has 1 aliphatic carbocycles. The van der Waals surface area contributed by atoms with E-state index in [1.54, 1.807) is 13.0 Å². The van der Waals surface area contributed by atoms with E-state index >= 15 is 0 Å². The highest BCUT2D eigenvalue weighted by Crippen LogP contribution is 2.43. The Bertz CT molecular complexity index is 2050. The van der Waals surface area contributed by atoms with Crippen LogP contribution in [-0.2, 0) is 51.4 Å². The summed E-state index contributed by atoms with van der Waals surface area (Å²) in [5.41, 5.74) is 4.86. The summed E-state index contributed by atoms with van der Waals surface area (Å²) in [5.74, 6) is 4.38. The molecule has 3 aromatic carbocycles. The predicted octanol–water partition coefficient (Wildman–Crippen LogP) is 7.51. The molecule has 0 aromatic heterocycles. The van der Waals surface area contributed by atoms with Gasteiger partial charge in [0.05, 0.1) is 18.9 Å². The van der Waals surface area contributed by atoms with Crippen LogP contribution in [0, 0.1) is 23.7 Å². The number of esters is 2. The average Bonchev–Trinajstić information content (AvgIpc) is 3.17. The van der Waals surface area contributed by atoms with Crippen LogP contribution >= 0.6 is 0 Å². The fourth-order valence-electron chi connectivity index (χ4n) is 8.96. The number of carbonyl (C=O) groups is 3. The highest BCUT2D eigenvalue weighted by atomic mass is 16.6. The largest absolute Gasteiger partial charge is 0.508 e. The number of ether oxygens (including phenoxy) is 2. The number of Topliss-reactive ketones (excluding diaryl/α,β-unsaturated/α-hetero) is 1. The lowest BCUT2D eigenvalue weighted by atomic mass is 9.68. The lowest BCUT2D eigenvalue weighted by Gasteiger charge is -2.42. The Morgan fingerprint density at radius 2 is 1.71 bits per heavy atom. The fourth-order valence-corrected chi connectivity index (χ4v) is 8.96. The Labute approximate surface area is 324 Å². The molecule has 8 heteroatoms. The lowest BCUT2D eigenvalue weighted by Crippen LogP contribution is -2.52. The van der Waals surface area contributed by atoms with Gasteiger partial charge in [0.25, 0.3) is 0 Å². The summed E-state index contributed by atoms with van der Waals surface area (Å²) in [5, 5.41) is 34.3. The van der Waals surface area contributed by atoms with E-state index in [0.717, 1.165) is 53.5 Å². The standard InChI is InChI=1S/C47H52O8/c1-3-4-5-11-31-13-14-33(22-38(31)28-48)32-15-16-34-26-45(51)54-43-27-42(50)37(24-40(34)43)25-44-47(2,53)39-17-18-41(49)36(23-39)20-30-10-6-8-29(19-30)9-7-12-35(21-32)46(52)55-44/h6,8,10,12-14,19,22,24,27,32,34,36,39,44,48,50,53H,3-5,7,9,11,17-18,20-21,23,25-26,28H2,1-2H3/b35-12-/t32-,34+,36-,39+,44+,47-/m0/s1. The number of allylic oxidation sites excluding steroid dienone is 1. The number of fused-ring (bicyclic) bond motifs is 8. The number of aliphatic hydroxyl groups excluding tert-OH is 1. The number of ketones is 1. The van der Waals surface area contributed by atoms with E-state index in [9.17, 15) is 29.7 Å². The average molecular weight is 745 g/mol. The minimum atomic E-state index is -1.56. The summed E-state index contributed by atoms with van der Waals surface area (Å²) < 4.78 is 12.0. The van der Waals surface area contributed by atoms with Crippen LogP contribution in [-0.4, -0.2) is 44.7 Å². The van der Waals surface area contributed by atoms with E-state index in [0.29, 0.717) is 55.2 Å². The molecule has 288 valence electrons. The van der Waals surface area contributed by atoms with Gasteiger partial charge in [0.2, 0.25) is 0 Å². The lowest BCUT2D eigenvalue weighted by molar-refractivity contribution is -0.170. The third kappa shape index (κ3) is 8.59. The van der Waals surface area contributed by atoms with Crippen molar-refractivity contribution in [3.63, 3.8) is 0 Å². The Morgan fingerprint density at radius 3 is 2.53 bits per heavy atom. The van der Waals surface area contributed by atoms with Gasteiger partial charge < -0.3 is 24.8 Å². The Kier molecular flexibility index (Phi) is 11.6. The molecule has 0 spiro atoms. The first-order valence-corrected chi connectivity index (χ1v) is 20.0. The molecule has 0 unspecified atom stereocenters. The maximum atomic E-state index is 14.6. The highest BCUT2D eigenvalue weighted by molar-refractivity contribution is 5.89. The molecule has 4 aliphatic rings. The van der Waals surface area contributed by atoms with Gasteiger partial charge in [-0.3, -0.25) is 9.59 Å². The fraction of sp³-hybridized carbons (Fsp3) is 0.468. The van der Waals surface area contributed by atoms with Crippen molar-refractivity contribution < 1.29 is 39.2 Å². The first-order chi connectivity index (χ1) is 26.5. The van der Waals surface area contributed by atoms with Crippen molar-refractivity contribution >= 4 is 17.7 Å². The molecule has 0 amide bonds. The molecule has 3 heterocycles. The number of phenols is 1. The normalized spacial score (nSPS) is 27.7. The first-order valence-electron chi connectivity index (χ1n) is 20.0. The summed E-state index contributed by atoms with van der Waals surface area (Å²) in [6.45, 7) is 3.72. The van der Waals surface area contributed by atoms with Gasteiger partial charge in [-0.2, -0.15) is 0 Å². The van der Waals surface area contributed by atoms with Crippen LogP contribution in [0.3, 0.4) is 0 Å². The first kappa shape index (κ1) is 38.6. The molecule has 0 radical (unpaired) electrons. The number of carbonyl (C=O) groups excluding carboxylic acids is 3. The second kappa shape index (κ2) is 16.6. The number of phenolic OH excluding ortho intramolecular Hbond substituents is 1. The molecule has 3 aliphatic heterocycles. The number of unbranched alkanes of at least 4 members (excludes halogenated alkanes) is 2. The number of hydrogen-bond acceptors (Lipinski definition) is 8. The summed E-state index contributed by atoms with van der Waals surface area (Å²) in [7, 11) is 0. The molecular weight excluding hydrogens is 693 g/mol. The summed E-state index contributed by atoms with van der Waals surface area (Å²) in [4.78, 5) is 40.7. The SMILES string of the molecule is CCCCCc1ccc([C@H]2C#C[C@@H]3CC(=O)Oc4cc(O)c(cc43)C[C@H]3OC(=O)/C(=C\CCc4cccc(c4)C[C@H]4C[C@@H](CCC4=O)[C@]3(C)O)C2)cc1CO. The van der Waals surface area contributed by atoms with Crippen molar-refractivity contribution in [1.29, 1.82) is 0 Å². The molecule has 0 saturated heterocycles. The predicted molar refractivity (Wildman–Crippen MR) is 208 cm³/mol. The zero-order valence-electron chi connectivity index (χ0n) is 31.9. The van der Waals surface area contributed by atoms with Crippen molar-refractivity contribution in [3.05, 3.63) is 105 Å². The van der Waals surface area contributed by atoms with Crippen molar-refractivity contribution in [2.75, 3.05) is 0 Å².